The van der Waals surface area contributed by atoms with E-state index in [1.807, 2.05) is 55.5 Å². The van der Waals surface area contributed by atoms with E-state index in [0.717, 1.165) is 21.6 Å². The molecule has 0 amide bonds. The third-order valence-electron chi connectivity index (χ3n) is 2.53. The largest absolute Gasteiger partial charge is 0.494 e. The van der Waals surface area contributed by atoms with Gasteiger partial charge in [0, 0.05) is 15.8 Å². The Bertz CT molecular complexity index is 569. The first-order valence-corrected chi connectivity index (χ1v) is 7.44. The summed E-state index contributed by atoms with van der Waals surface area (Å²) >= 11 is 8.67. The Morgan fingerprint density at radius 2 is 1.50 bits per heavy atom. The summed E-state index contributed by atoms with van der Waals surface area (Å²) in [6.45, 7) is 2.62. The Hall–Kier alpha value is -1.59. The molecule has 5 heteroatoms. The van der Waals surface area contributed by atoms with Crippen LogP contribution in [0.2, 0.25) is 0 Å². The topological polar surface area (TPSA) is 33.3 Å². The summed E-state index contributed by atoms with van der Waals surface area (Å²) in [5.74, 6) is 0.852. The van der Waals surface area contributed by atoms with Crippen molar-refractivity contribution in [2.75, 3.05) is 17.2 Å². The third kappa shape index (κ3) is 4.51. The molecule has 0 radical (unpaired) electrons. The normalized spacial score (nSPS) is 9.90. The standard InChI is InChI=1S/C15H15BrN2OS/c1-2-19-14-9-7-13(8-10-14)18-15(20)17-12-5-3-11(16)4-6-12/h3-10H,2H2,1H3,(H2,17,18,20). The Labute approximate surface area is 132 Å². The molecule has 0 atom stereocenters. The predicted molar refractivity (Wildman–Crippen MR) is 91.6 cm³/mol. The van der Waals surface area contributed by atoms with E-state index in [1.165, 1.54) is 0 Å². The molecule has 0 bridgehead atoms. The number of thiocarbonyl (C=S) groups is 1. The molecule has 2 N–H and O–H groups in total. The van der Waals surface area contributed by atoms with Gasteiger partial charge < -0.3 is 15.4 Å². The van der Waals surface area contributed by atoms with Gasteiger partial charge in [-0.3, -0.25) is 0 Å². The molecular weight excluding hydrogens is 336 g/mol. The highest BCUT2D eigenvalue weighted by atomic mass is 79.9. The highest BCUT2D eigenvalue weighted by Gasteiger charge is 1.99. The van der Waals surface area contributed by atoms with Crippen LogP contribution in [0.5, 0.6) is 5.75 Å². The van der Waals surface area contributed by atoms with Gasteiger partial charge in [0.05, 0.1) is 6.61 Å². The zero-order chi connectivity index (χ0) is 14.4. The van der Waals surface area contributed by atoms with Gasteiger partial charge in [-0.15, -0.1) is 0 Å². The fourth-order valence-electron chi connectivity index (χ4n) is 1.63. The molecule has 0 saturated carbocycles. The molecule has 0 aliphatic carbocycles. The van der Waals surface area contributed by atoms with Crippen molar-refractivity contribution in [3.8, 4) is 5.75 Å². The van der Waals surface area contributed by atoms with Crippen molar-refractivity contribution in [1.29, 1.82) is 0 Å². The zero-order valence-corrected chi connectivity index (χ0v) is 13.4. The number of hydrogen-bond acceptors (Lipinski definition) is 2. The van der Waals surface area contributed by atoms with E-state index in [4.69, 9.17) is 17.0 Å². The van der Waals surface area contributed by atoms with Gasteiger partial charge in [-0.25, -0.2) is 0 Å². The average Bonchev–Trinajstić information content (AvgIpc) is 2.44. The van der Waals surface area contributed by atoms with Crippen LogP contribution in [0.25, 0.3) is 0 Å². The van der Waals surface area contributed by atoms with Gasteiger partial charge in [-0.05, 0) is 67.7 Å². The van der Waals surface area contributed by atoms with E-state index in [1.54, 1.807) is 0 Å². The third-order valence-corrected chi connectivity index (χ3v) is 3.26. The predicted octanol–water partition coefficient (Wildman–Crippen LogP) is 4.66. The minimum absolute atomic E-state index is 0.552. The summed E-state index contributed by atoms with van der Waals surface area (Å²) in [6, 6.07) is 15.5. The monoisotopic (exact) mass is 350 g/mol. The minimum atomic E-state index is 0.552. The van der Waals surface area contributed by atoms with E-state index in [2.05, 4.69) is 26.6 Å². The summed E-state index contributed by atoms with van der Waals surface area (Å²) in [6.07, 6.45) is 0. The van der Waals surface area contributed by atoms with Crippen LogP contribution < -0.4 is 15.4 Å². The van der Waals surface area contributed by atoms with E-state index in [0.29, 0.717) is 11.7 Å². The summed E-state index contributed by atoms with van der Waals surface area (Å²) in [4.78, 5) is 0. The van der Waals surface area contributed by atoms with Crippen LogP contribution in [0.15, 0.2) is 53.0 Å². The lowest BCUT2D eigenvalue weighted by Crippen LogP contribution is -2.18. The second-order valence-electron chi connectivity index (χ2n) is 4.04. The first-order chi connectivity index (χ1) is 9.67. The molecular formula is C15H15BrN2OS. The summed E-state index contributed by atoms with van der Waals surface area (Å²) in [5.41, 5.74) is 1.86. The smallest absolute Gasteiger partial charge is 0.175 e. The Balaban J connectivity index is 1.92. The summed E-state index contributed by atoms with van der Waals surface area (Å²) in [7, 11) is 0. The lowest BCUT2D eigenvalue weighted by atomic mass is 10.3. The molecule has 20 heavy (non-hydrogen) atoms. The molecule has 2 aromatic rings. The van der Waals surface area contributed by atoms with Crippen LogP contribution in [0.3, 0.4) is 0 Å². The molecule has 3 nitrogen and oxygen atoms in total. The molecule has 0 aromatic heterocycles. The maximum Gasteiger partial charge on any atom is 0.175 e. The molecule has 0 fully saturated rings. The van der Waals surface area contributed by atoms with E-state index < -0.39 is 0 Å². The van der Waals surface area contributed by atoms with Gasteiger partial charge in [-0.1, -0.05) is 15.9 Å². The quantitative estimate of drug-likeness (QED) is 0.785. The van der Waals surface area contributed by atoms with Crippen LogP contribution >= 0.6 is 28.1 Å². The van der Waals surface area contributed by atoms with Crippen LogP contribution in [0.1, 0.15) is 6.92 Å². The molecule has 2 aromatic carbocycles. The lowest BCUT2D eigenvalue weighted by molar-refractivity contribution is 0.340. The van der Waals surface area contributed by atoms with Gasteiger partial charge in [0.25, 0.3) is 0 Å². The second-order valence-corrected chi connectivity index (χ2v) is 5.37. The maximum atomic E-state index is 5.39. The number of halogens is 1. The summed E-state index contributed by atoms with van der Waals surface area (Å²) in [5, 5.41) is 6.81. The molecule has 104 valence electrons. The number of rotatable bonds is 4. The Morgan fingerprint density at radius 3 is 2.00 bits per heavy atom. The number of ether oxygens (including phenoxy) is 1. The van der Waals surface area contributed by atoms with Crippen molar-refractivity contribution < 1.29 is 4.74 Å². The SMILES string of the molecule is CCOc1ccc(NC(=S)Nc2ccc(Br)cc2)cc1. The molecule has 2 rings (SSSR count). The minimum Gasteiger partial charge on any atom is -0.494 e. The van der Waals surface area contributed by atoms with Crippen LogP contribution in [0.4, 0.5) is 11.4 Å². The number of hydrogen-bond donors (Lipinski definition) is 2. The first kappa shape index (κ1) is 14.8. The highest BCUT2D eigenvalue weighted by Crippen LogP contribution is 2.17. The number of nitrogens with one attached hydrogen (secondary N) is 2. The van der Waals surface area contributed by atoms with Gasteiger partial charge in [0.1, 0.15) is 5.75 Å². The second kappa shape index (κ2) is 7.26. The van der Waals surface area contributed by atoms with Crippen LogP contribution in [-0.2, 0) is 0 Å². The van der Waals surface area contributed by atoms with E-state index >= 15 is 0 Å². The van der Waals surface area contributed by atoms with Crippen molar-refractivity contribution in [3.63, 3.8) is 0 Å². The molecule has 0 heterocycles. The van der Waals surface area contributed by atoms with Crippen LogP contribution in [-0.4, -0.2) is 11.7 Å². The number of benzene rings is 2. The average molecular weight is 351 g/mol. The zero-order valence-electron chi connectivity index (χ0n) is 11.0. The Kier molecular flexibility index (Phi) is 5.38. The number of anilines is 2. The fraction of sp³-hybridized carbons (Fsp3) is 0.133. The first-order valence-electron chi connectivity index (χ1n) is 6.24. The molecule has 0 spiro atoms. The molecule has 0 aliphatic rings. The summed E-state index contributed by atoms with van der Waals surface area (Å²) < 4.78 is 6.43. The van der Waals surface area contributed by atoms with Crippen molar-refractivity contribution in [2.24, 2.45) is 0 Å². The van der Waals surface area contributed by atoms with Crippen molar-refractivity contribution in [2.45, 2.75) is 6.92 Å². The van der Waals surface area contributed by atoms with Crippen molar-refractivity contribution in [1.82, 2.24) is 0 Å². The fourth-order valence-corrected chi connectivity index (χ4v) is 2.13. The van der Waals surface area contributed by atoms with Gasteiger partial charge in [-0.2, -0.15) is 0 Å². The highest BCUT2D eigenvalue weighted by molar-refractivity contribution is 9.10. The molecule has 0 aliphatic heterocycles. The van der Waals surface area contributed by atoms with E-state index in [-0.39, 0.29) is 0 Å². The maximum absolute atomic E-state index is 5.39. The lowest BCUT2D eigenvalue weighted by Gasteiger charge is -2.11. The van der Waals surface area contributed by atoms with Gasteiger partial charge >= 0.3 is 0 Å². The molecule has 0 saturated heterocycles. The van der Waals surface area contributed by atoms with Gasteiger partial charge in [0.2, 0.25) is 0 Å². The van der Waals surface area contributed by atoms with Crippen LogP contribution in [0, 0.1) is 0 Å². The van der Waals surface area contributed by atoms with Crippen molar-refractivity contribution in [3.05, 3.63) is 53.0 Å². The van der Waals surface area contributed by atoms with Crippen molar-refractivity contribution >= 4 is 44.6 Å². The Morgan fingerprint density at radius 1 is 1.00 bits per heavy atom. The van der Waals surface area contributed by atoms with E-state index in [9.17, 15) is 0 Å². The van der Waals surface area contributed by atoms with Gasteiger partial charge in [0.15, 0.2) is 5.11 Å². The molecule has 0 unspecified atom stereocenters.